The molecule has 0 heteroatoms. The molecule has 0 unspecified atom stereocenters. The molecular formula is C10H19. The lowest BCUT2D eigenvalue weighted by Gasteiger charge is -1.94. The number of rotatable bonds is 5. The van der Waals surface area contributed by atoms with Gasteiger partial charge in [-0.2, -0.15) is 0 Å². The van der Waals surface area contributed by atoms with Crippen molar-refractivity contribution in [3.63, 3.8) is 0 Å². The van der Waals surface area contributed by atoms with E-state index in [9.17, 15) is 0 Å². The number of allylic oxidation sites excluding steroid dienone is 2. The normalized spacial score (nSPS) is 11.6. The average Bonchev–Trinajstić information content (AvgIpc) is 1.87. The summed E-state index contributed by atoms with van der Waals surface area (Å²) in [4.78, 5) is 0. The van der Waals surface area contributed by atoms with E-state index in [1.54, 1.807) is 0 Å². The van der Waals surface area contributed by atoms with Gasteiger partial charge >= 0.3 is 0 Å². The maximum absolute atomic E-state index is 3.79. The third kappa shape index (κ3) is 7.74. The van der Waals surface area contributed by atoms with Gasteiger partial charge in [-0.05, 0) is 18.8 Å². The molecule has 0 saturated carbocycles. The molecule has 0 fully saturated rings. The van der Waals surface area contributed by atoms with Crippen molar-refractivity contribution < 1.29 is 0 Å². The van der Waals surface area contributed by atoms with Crippen LogP contribution in [0.2, 0.25) is 0 Å². The van der Waals surface area contributed by atoms with E-state index in [-0.39, 0.29) is 0 Å². The van der Waals surface area contributed by atoms with Crippen molar-refractivity contribution >= 4 is 0 Å². The molecule has 0 aromatic heterocycles. The van der Waals surface area contributed by atoms with Crippen LogP contribution >= 0.6 is 0 Å². The van der Waals surface area contributed by atoms with Crippen LogP contribution in [-0.4, -0.2) is 0 Å². The molecule has 0 aromatic rings. The van der Waals surface area contributed by atoms with E-state index in [2.05, 4.69) is 32.9 Å². The van der Waals surface area contributed by atoms with Crippen molar-refractivity contribution in [1.29, 1.82) is 0 Å². The SMILES string of the molecule is [CH2]CCCC/C=C/C(C)C. The van der Waals surface area contributed by atoms with Crippen LogP contribution in [-0.2, 0) is 0 Å². The lowest BCUT2D eigenvalue weighted by atomic mass is 10.1. The molecular weight excluding hydrogens is 120 g/mol. The second-order valence-corrected chi connectivity index (χ2v) is 3.02. The Morgan fingerprint density at radius 3 is 2.50 bits per heavy atom. The molecule has 0 aromatic carbocycles. The van der Waals surface area contributed by atoms with E-state index in [4.69, 9.17) is 0 Å². The fourth-order valence-electron chi connectivity index (χ4n) is 0.807. The first-order valence-corrected chi connectivity index (χ1v) is 4.23. The summed E-state index contributed by atoms with van der Waals surface area (Å²) in [7, 11) is 0. The van der Waals surface area contributed by atoms with Gasteiger partial charge in [-0.15, -0.1) is 0 Å². The lowest BCUT2D eigenvalue weighted by Crippen LogP contribution is -1.77. The molecule has 0 saturated heterocycles. The van der Waals surface area contributed by atoms with E-state index in [0.29, 0.717) is 5.92 Å². The molecule has 0 amide bonds. The summed E-state index contributed by atoms with van der Waals surface area (Å²) < 4.78 is 0. The zero-order valence-corrected chi connectivity index (χ0v) is 7.27. The van der Waals surface area contributed by atoms with Crippen LogP contribution in [0.5, 0.6) is 0 Å². The summed E-state index contributed by atoms with van der Waals surface area (Å²) in [5, 5.41) is 0. The third-order valence-corrected chi connectivity index (χ3v) is 1.39. The van der Waals surface area contributed by atoms with E-state index < -0.39 is 0 Å². The quantitative estimate of drug-likeness (QED) is 0.403. The van der Waals surface area contributed by atoms with Crippen LogP contribution < -0.4 is 0 Å². The molecule has 0 aliphatic carbocycles. The molecule has 0 spiro atoms. The maximum Gasteiger partial charge on any atom is -0.0290 e. The molecule has 0 nitrogen and oxygen atoms in total. The van der Waals surface area contributed by atoms with Gasteiger partial charge in [0.1, 0.15) is 0 Å². The zero-order chi connectivity index (χ0) is 7.82. The Balaban J connectivity index is 3.02. The second kappa shape index (κ2) is 6.85. The summed E-state index contributed by atoms with van der Waals surface area (Å²) in [5.74, 6) is 0.708. The Morgan fingerprint density at radius 2 is 2.00 bits per heavy atom. The second-order valence-electron chi connectivity index (χ2n) is 3.02. The number of hydrogen-bond acceptors (Lipinski definition) is 0. The molecule has 0 N–H and O–H groups in total. The molecule has 10 heavy (non-hydrogen) atoms. The van der Waals surface area contributed by atoms with Crippen molar-refractivity contribution in [2.75, 3.05) is 0 Å². The van der Waals surface area contributed by atoms with E-state index >= 15 is 0 Å². The fraction of sp³-hybridized carbons (Fsp3) is 0.700. The maximum atomic E-state index is 3.79. The first kappa shape index (κ1) is 9.74. The minimum Gasteiger partial charge on any atom is -0.0883 e. The highest BCUT2D eigenvalue weighted by Gasteiger charge is 1.83. The smallest absolute Gasteiger partial charge is 0.0290 e. The number of unbranched alkanes of at least 4 members (excludes halogenated alkanes) is 3. The van der Waals surface area contributed by atoms with Crippen molar-refractivity contribution in [3.05, 3.63) is 19.1 Å². The highest BCUT2D eigenvalue weighted by molar-refractivity contribution is 4.83. The Bertz CT molecular complexity index is 80.0. The summed E-state index contributed by atoms with van der Waals surface area (Å²) in [6.45, 7) is 8.21. The van der Waals surface area contributed by atoms with Crippen molar-refractivity contribution in [2.45, 2.75) is 39.5 Å². The molecule has 59 valence electrons. The molecule has 0 heterocycles. The molecule has 0 rings (SSSR count). The van der Waals surface area contributed by atoms with Gasteiger partial charge in [0.2, 0.25) is 0 Å². The summed E-state index contributed by atoms with van der Waals surface area (Å²) in [6.07, 6.45) is 9.42. The summed E-state index contributed by atoms with van der Waals surface area (Å²) in [6, 6.07) is 0. The van der Waals surface area contributed by atoms with Gasteiger partial charge in [-0.25, -0.2) is 0 Å². The Hall–Kier alpha value is -0.260. The monoisotopic (exact) mass is 139 g/mol. The van der Waals surface area contributed by atoms with Crippen LogP contribution in [0.15, 0.2) is 12.2 Å². The molecule has 0 aliphatic heterocycles. The number of hydrogen-bond donors (Lipinski definition) is 0. The topological polar surface area (TPSA) is 0 Å². The zero-order valence-electron chi connectivity index (χ0n) is 7.27. The molecule has 0 atom stereocenters. The Labute approximate surface area is 65.3 Å². The van der Waals surface area contributed by atoms with Gasteiger partial charge in [0.05, 0.1) is 0 Å². The Kier molecular flexibility index (Phi) is 6.68. The molecule has 1 radical (unpaired) electrons. The Morgan fingerprint density at radius 1 is 1.30 bits per heavy atom. The highest BCUT2D eigenvalue weighted by atomic mass is 13.9. The van der Waals surface area contributed by atoms with Crippen LogP contribution in [0.3, 0.4) is 0 Å². The largest absolute Gasteiger partial charge is 0.0883 e. The van der Waals surface area contributed by atoms with Crippen LogP contribution in [0.25, 0.3) is 0 Å². The van der Waals surface area contributed by atoms with Crippen molar-refractivity contribution in [2.24, 2.45) is 5.92 Å². The van der Waals surface area contributed by atoms with Gasteiger partial charge in [-0.3, -0.25) is 0 Å². The van der Waals surface area contributed by atoms with Crippen molar-refractivity contribution in [3.8, 4) is 0 Å². The van der Waals surface area contributed by atoms with Gasteiger partial charge in [-0.1, -0.05) is 45.8 Å². The van der Waals surface area contributed by atoms with Gasteiger partial charge in [0, 0.05) is 0 Å². The standard InChI is InChI=1S/C10H19/c1-4-5-6-7-8-9-10(2)3/h8-10H,1,4-7H2,2-3H3/b9-8+. The molecule has 0 aliphatic rings. The van der Waals surface area contributed by atoms with E-state index in [0.717, 1.165) is 6.42 Å². The van der Waals surface area contributed by atoms with Gasteiger partial charge in [0.25, 0.3) is 0 Å². The summed E-state index contributed by atoms with van der Waals surface area (Å²) in [5.41, 5.74) is 0. The van der Waals surface area contributed by atoms with Crippen LogP contribution in [0, 0.1) is 12.8 Å². The minimum absolute atomic E-state index is 0.708. The summed E-state index contributed by atoms with van der Waals surface area (Å²) >= 11 is 0. The van der Waals surface area contributed by atoms with Crippen molar-refractivity contribution in [1.82, 2.24) is 0 Å². The van der Waals surface area contributed by atoms with Gasteiger partial charge in [0.15, 0.2) is 0 Å². The lowest BCUT2D eigenvalue weighted by molar-refractivity contribution is 0.750. The predicted molar refractivity (Wildman–Crippen MR) is 47.8 cm³/mol. The van der Waals surface area contributed by atoms with E-state index in [1.165, 1.54) is 19.3 Å². The molecule has 0 bridgehead atoms. The average molecular weight is 139 g/mol. The minimum atomic E-state index is 0.708. The van der Waals surface area contributed by atoms with Crippen LogP contribution in [0.1, 0.15) is 39.5 Å². The first-order valence-electron chi connectivity index (χ1n) is 4.23. The third-order valence-electron chi connectivity index (χ3n) is 1.39. The van der Waals surface area contributed by atoms with E-state index in [1.807, 2.05) is 0 Å². The van der Waals surface area contributed by atoms with Crippen LogP contribution in [0.4, 0.5) is 0 Å². The van der Waals surface area contributed by atoms with Gasteiger partial charge < -0.3 is 0 Å². The predicted octanol–water partition coefficient (Wildman–Crippen LogP) is 3.59. The highest BCUT2D eigenvalue weighted by Crippen LogP contribution is 2.01. The fourth-order valence-corrected chi connectivity index (χ4v) is 0.807. The first-order chi connectivity index (χ1) is 4.77.